The molecule has 0 radical (unpaired) electrons. The second kappa shape index (κ2) is 9.13. The van der Waals surface area contributed by atoms with Crippen LogP contribution in [0.15, 0.2) is 77.7 Å². The predicted molar refractivity (Wildman–Crippen MR) is 136 cm³/mol. The topological polar surface area (TPSA) is 51.5 Å². The molecule has 2 atom stereocenters. The van der Waals surface area contributed by atoms with Crippen molar-refractivity contribution in [1.82, 2.24) is 9.47 Å². The minimum Gasteiger partial charge on any atom is -0.438 e. The standard InChI is InChI=1S/C29H34N2O3/c1-21(22-11-13-23(14-12-22)24-15-17-30(5)26(32)19-24)31-18-16-29(34-27(31)33,20-28(2,3)4)25-9-7-6-8-10-25/h6-15,17,19,21H,16,18,20H2,1-5H3/t21-,29-/m0/s1. The van der Waals surface area contributed by atoms with Crippen molar-refractivity contribution in [1.29, 1.82) is 0 Å². The first kappa shape index (κ1) is 23.8. The average Bonchev–Trinajstić information content (AvgIpc) is 2.80. The third-order valence-electron chi connectivity index (χ3n) is 6.69. The molecule has 5 nitrogen and oxygen atoms in total. The molecular formula is C29H34N2O3. The predicted octanol–water partition coefficient (Wildman–Crippen LogP) is 6.29. The first-order chi connectivity index (χ1) is 16.1. The summed E-state index contributed by atoms with van der Waals surface area (Å²) in [5.41, 5.74) is 3.31. The molecular weight excluding hydrogens is 424 g/mol. The van der Waals surface area contributed by atoms with Gasteiger partial charge in [-0.25, -0.2) is 4.79 Å². The van der Waals surface area contributed by atoms with Gasteiger partial charge in [0.15, 0.2) is 0 Å². The van der Waals surface area contributed by atoms with Gasteiger partial charge in [-0.1, -0.05) is 75.4 Å². The Morgan fingerprint density at radius 1 is 0.971 bits per heavy atom. The van der Waals surface area contributed by atoms with E-state index in [9.17, 15) is 9.59 Å². The first-order valence-corrected chi connectivity index (χ1v) is 11.9. The number of benzene rings is 2. The molecule has 2 aromatic carbocycles. The number of nitrogens with zero attached hydrogens (tertiary/aromatic N) is 2. The molecule has 4 rings (SSSR count). The van der Waals surface area contributed by atoms with Crippen LogP contribution in [0.5, 0.6) is 0 Å². The minimum absolute atomic E-state index is 0.0121. The van der Waals surface area contributed by atoms with E-state index in [-0.39, 0.29) is 23.1 Å². The van der Waals surface area contributed by atoms with Crippen molar-refractivity contribution in [2.24, 2.45) is 12.5 Å². The zero-order chi connectivity index (χ0) is 24.5. The van der Waals surface area contributed by atoms with Crippen molar-refractivity contribution in [3.05, 3.63) is 94.4 Å². The highest BCUT2D eigenvalue weighted by atomic mass is 16.6. The van der Waals surface area contributed by atoms with Crippen LogP contribution in [0.4, 0.5) is 4.79 Å². The Morgan fingerprint density at radius 3 is 2.24 bits per heavy atom. The van der Waals surface area contributed by atoms with Crippen molar-refractivity contribution in [3.8, 4) is 11.1 Å². The molecule has 2 heterocycles. The Bertz CT molecular complexity index is 1210. The molecule has 1 aromatic heterocycles. The molecule has 1 aliphatic rings. The zero-order valence-electron chi connectivity index (χ0n) is 20.7. The molecule has 0 bridgehead atoms. The lowest BCUT2D eigenvalue weighted by atomic mass is 9.75. The summed E-state index contributed by atoms with van der Waals surface area (Å²) in [4.78, 5) is 27.1. The second-order valence-corrected chi connectivity index (χ2v) is 10.6. The molecule has 3 aromatic rings. The van der Waals surface area contributed by atoms with Crippen LogP contribution in [-0.2, 0) is 17.4 Å². The highest BCUT2D eigenvalue weighted by molar-refractivity contribution is 5.70. The third kappa shape index (κ3) is 4.93. The molecule has 0 aliphatic carbocycles. The molecule has 5 heteroatoms. The Hall–Kier alpha value is -3.34. The van der Waals surface area contributed by atoms with Crippen molar-refractivity contribution >= 4 is 6.09 Å². The summed E-state index contributed by atoms with van der Waals surface area (Å²) in [7, 11) is 1.74. The fourth-order valence-electron chi connectivity index (χ4n) is 4.91. The zero-order valence-corrected chi connectivity index (χ0v) is 20.7. The van der Waals surface area contributed by atoms with Gasteiger partial charge in [-0.15, -0.1) is 0 Å². The number of aromatic nitrogens is 1. The summed E-state index contributed by atoms with van der Waals surface area (Å²) < 4.78 is 7.81. The van der Waals surface area contributed by atoms with E-state index in [0.717, 1.165) is 35.1 Å². The van der Waals surface area contributed by atoms with Crippen LogP contribution >= 0.6 is 0 Å². The largest absolute Gasteiger partial charge is 0.438 e. The number of hydrogen-bond acceptors (Lipinski definition) is 3. The number of carbonyl (C=O) groups excluding carboxylic acids is 1. The fourth-order valence-corrected chi connectivity index (χ4v) is 4.91. The molecule has 1 aliphatic heterocycles. The van der Waals surface area contributed by atoms with E-state index in [1.54, 1.807) is 23.9 Å². The highest BCUT2D eigenvalue weighted by Gasteiger charge is 2.45. The maximum absolute atomic E-state index is 13.3. The van der Waals surface area contributed by atoms with E-state index < -0.39 is 5.60 Å². The van der Waals surface area contributed by atoms with Crippen molar-refractivity contribution < 1.29 is 9.53 Å². The van der Waals surface area contributed by atoms with Crippen LogP contribution in [-0.4, -0.2) is 22.1 Å². The van der Waals surface area contributed by atoms with Gasteiger partial charge in [0, 0.05) is 32.3 Å². The second-order valence-electron chi connectivity index (χ2n) is 10.6. The summed E-state index contributed by atoms with van der Waals surface area (Å²) in [6, 6.07) is 21.6. The lowest BCUT2D eigenvalue weighted by Gasteiger charge is -2.46. The normalized spacial score (nSPS) is 19.6. The number of carbonyl (C=O) groups is 1. The number of aryl methyl sites for hydroxylation is 1. The van der Waals surface area contributed by atoms with Gasteiger partial charge in [0.05, 0.1) is 6.04 Å². The summed E-state index contributed by atoms with van der Waals surface area (Å²) in [6.07, 6.45) is 3.01. The number of cyclic esters (lactones) is 1. The monoisotopic (exact) mass is 458 g/mol. The van der Waals surface area contributed by atoms with E-state index in [4.69, 9.17) is 4.74 Å². The fraction of sp³-hybridized carbons (Fsp3) is 0.379. The van der Waals surface area contributed by atoms with Crippen molar-refractivity contribution in [2.75, 3.05) is 6.54 Å². The maximum Gasteiger partial charge on any atom is 0.411 e. The van der Waals surface area contributed by atoms with Crippen LogP contribution < -0.4 is 5.56 Å². The van der Waals surface area contributed by atoms with E-state index in [1.807, 2.05) is 60.4 Å². The van der Waals surface area contributed by atoms with Gasteiger partial charge < -0.3 is 14.2 Å². The number of ether oxygens (including phenoxy) is 1. The van der Waals surface area contributed by atoms with E-state index in [1.165, 1.54) is 0 Å². The summed E-state index contributed by atoms with van der Waals surface area (Å²) in [6.45, 7) is 9.22. The number of hydrogen-bond donors (Lipinski definition) is 0. The smallest absolute Gasteiger partial charge is 0.411 e. The molecule has 0 saturated carbocycles. The Kier molecular flexibility index (Phi) is 6.39. The lowest BCUT2D eigenvalue weighted by molar-refractivity contribution is -0.0805. The van der Waals surface area contributed by atoms with E-state index in [2.05, 4.69) is 32.9 Å². The Morgan fingerprint density at radius 2 is 1.65 bits per heavy atom. The third-order valence-corrected chi connectivity index (χ3v) is 6.69. The molecule has 1 fully saturated rings. The van der Waals surface area contributed by atoms with Crippen molar-refractivity contribution in [2.45, 2.75) is 52.2 Å². The lowest BCUT2D eigenvalue weighted by Crippen LogP contribution is -2.50. The quantitative estimate of drug-likeness (QED) is 0.452. The molecule has 34 heavy (non-hydrogen) atoms. The summed E-state index contributed by atoms with van der Waals surface area (Å²) in [5.74, 6) is 0. The summed E-state index contributed by atoms with van der Waals surface area (Å²) in [5, 5.41) is 0. The minimum atomic E-state index is -0.615. The Balaban J connectivity index is 1.54. The van der Waals surface area contributed by atoms with Gasteiger partial charge in [0.1, 0.15) is 5.60 Å². The molecule has 178 valence electrons. The SMILES string of the molecule is C[C@@H](c1ccc(-c2ccn(C)c(=O)c2)cc1)N1CC[C@](CC(C)(C)C)(c2ccccc2)OC1=O. The van der Waals surface area contributed by atoms with Crippen LogP contribution in [0.1, 0.15) is 57.7 Å². The van der Waals surface area contributed by atoms with Crippen LogP contribution in [0.25, 0.3) is 11.1 Å². The van der Waals surface area contributed by atoms with E-state index in [0.29, 0.717) is 6.54 Å². The maximum atomic E-state index is 13.3. The van der Waals surface area contributed by atoms with Crippen LogP contribution in [0.3, 0.4) is 0 Å². The van der Waals surface area contributed by atoms with Gasteiger partial charge in [-0.2, -0.15) is 0 Å². The van der Waals surface area contributed by atoms with Gasteiger partial charge in [0.25, 0.3) is 5.56 Å². The summed E-state index contributed by atoms with van der Waals surface area (Å²) >= 11 is 0. The molecule has 1 amide bonds. The molecule has 0 N–H and O–H groups in total. The van der Waals surface area contributed by atoms with Gasteiger partial charge in [-0.05, 0) is 47.1 Å². The molecule has 0 unspecified atom stereocenters. The number of amides is 1. The van der Waals surface area contributed by atoms with Gasteiger partial charge in [0.2, 0.25) is 0 Å². The number of pyridine rings is 1. The van der Waals surface area contributed by atoms with Crippen LogP contribution in [0.2, 0.25) is 0 Å². The first-order valence-electron chi connectivity index (χ1n) is 11.9. The Labute approximate surface area is 202 Å². The average molecular weight is 459 g/mol. The van der Waals surface area contributed by atoms with E-state index >= 15 is 0 Å². The van der Waals surface area contributed by atoms with Gasteiger partial charge in [-0.3, -0.25) is 4.79 Å². The van der Waals surface area contributed by atoms with Crippen LogP contribution in [0, 0.1) is 5.41 Å². The highest BCUT2D eigenvalue weighted by Crippen LogP contribution is 2.44. The van der Waals surface area contributed by atoms with Crippen molar-refractivity contribution in [3.63, 3.8) is 0 Å². The molecule has 1 saturated heterocycles. The molecule has 0 spiro atoms. The number of rotatable bonds is 5. The van der Waals surface area contributed by atoms with Gasteiger partial charge >= 0.3 is 6.09 Å².